The van der Waals surface area contributed by atoms with Gasteiger partial charge in [-0.25, -0.2) is 0 Å². The zero-order valence-corrected chi connectivity index (χ0v) is 14.1. The zero-order chi connectivity index (χ0) is 16.4. The van der Waals surface area contributed by atoms with Crippen LogP contribution in [0, 0.1) is 6.92 Å². The first-order valence-corrected chi connectivity index (χ1v) is 8.25. The number of thioether (sulfide) groups is 1. The van der Waals surface area contributed by atoms with E-state index < -0.39 is 0 Å². The van der Waals surface area contributed by atoms with Crippen LogP contribution in [0.3, 0.4) is 0 Å². The summed E-state index contributed by atoms with van der Waals surface area (Å²) in [6.07, 6.45) is 0. The van der Waals surface area contributed by atoms with Crippen molar-refractivity contribution in [1.82, 2.24) is 14.8 Å². The molecule has 0 fully saturated rings. The number of carbonyl (C=O) groups excluding carboxylic acids is 1. The number of rotatable bonds is 4. The van der Waals surface area contributed by atoms with Gasteiger partial charge in [0.15, 0.2) is 5.16 Å². The molecule has 1 heterocycles. The second-order valence-corrected chi connectivity index (χ2v) is 6.67. The lowest BCUT2D eigenvalue weighted by molar-refractivity contribution is -0.115. The maximum absolute atomic E-state index is 12.5. The lowest BCUT2D eigenvalue weighted by Gasteiger charge is -2.13. The highest BCUT2D eigenvalue weighted by Gasteiger charge is 2.18. The fourth-order valence-corrected chi connectivity index (χ4v) is 3.13. The van der Waals surface area contributed by atoms with E-state index in [0.29, 0.717) is 0 Å². The Hall–Kier alpha value is -2.34. The molecule has 0 saturated carbocycles. The quantitative estimate of drug-likeness (QED) is 0.747. The van der Waals surface area contributed by atoms with Crippen LogP contribution in [0.4, 0.5) is 5.69 Å². The molecule has 2 aromatic carbocycles. The largest absolute Gasteiger partial charge is 0.325 e. The first-order chi connectivity index (χ1) is 11.1. The summed E-state index contributed by atoms with van der Waals surface area (Å²) in [5.41, 5.74) is 0.828. The van der Waals surface area contributed by atoms with Crippen molar-refractivity contribution in [1.29, 1.82) is 0 Å². The molecule has 0 bridgehead atoms. The number of benzene rings is 2. The van der Waals surface area contributed by atoms with E-state index in [1.54, 1.807) is 0 Å². The van der Waals surface area contributed by atoms with Gasteiger partial charge in [0.1, 0.15) is 5.82 Å². The number of aryl methyl sites for hydroxylation is 1. The van der Waals surface area contributed by atoms with E-state index in [1.807, 2.05) is 67.9 Å². The van der Waals surface area contributed by atoms with Gasteiger partial charge in [0, 0.05) is 18.1 Å². The Morgan fingerprint density at radius 2 is 1.91 bits per heavy atom. The Labute approximate surface area is 139 Å². The van der Waals surface area contributed by atoms with Crippen LogP contribution >= 0.6 is 11.8 Å². The number of anilines is 1. The van der Waals surface area contributed by atoms with Gasteiger partial charge >= 0.3 is 0 Å². The Bertz CT molecular complexity index is 853. The van der Waals surface area contributed by atoms with Gasteiger partial charge in [0.25, 0.3) is 0 Å². The van der Waals surface area contributed by atoms with Crippen molar-refractivity contribution < 1.29 is 4.79 Å². The molecular formula is C17H18N4OS. The molecule has 0 aliphatic heterocycles. The molecule has 0 radical (unpaired) electrons. The average molecular weight is 326 g/mol. The number of carbonyl (C=O) groups is 1. The molecule has 0 unspecified atom stereocenters. The highest BCUT2D eigenvalue weighted by atomic mass is 32.2. The highest BCUT2D eigenvalue weighted by molar-refractivity contribution is 8.00. The van der Waals surface area contributed by atoms with Crippen molar-refractivity contribution in [3.63, 3.8) is 0 Å². The predicted molar refractivity (Wildman–Crippen MR) is 93.6 cm³/mol. The van der Waals surface area contributed by atoms with E-state index in [-0.39, 0.29) is 11.2 Å². The zero-order valence-electron chi connectivity index (χ0n) is 13.3. The Balaban J connectivity index is 1.76. The van der Waals surface area contributed by atoms with Crippen LogP contribution < -0.4 is 5.32 Å². The maximum atomic E-state index is 12.5. The third kappa shape index (κ3) is 3.22. The van der Waals surface area contributed by atoms with Gasteiger partial charge in [-0.1, -0.05) is 48.2 Å². The molecule has 5 nitrogen and oxygen atoms in total. The smallest absolute Gasteiger partial charge is 0.237 e. The Kier molecular flexibility index (Phi) is 4.34. The lowest BCUT2D eigenvalue weighted by atomic mass is 10.1. The first-order valence-electron chi connectivity index (χ1n) is 7.37. The monoisotopic (exact) mass is 326 g/mol. The van der Waals surface area contributed by atoms with Crippen molar-refractivity contribution in [2.75, 3.05) is 5.32 Å². The van der Waals surface area contributed by atoms with Crippen LogP contribution in [0.25, 0.3) is 10.8 Å². The topological polar surface area (TPSA) is 59.8 Å². The third-order valence-corrected chi connectivity index (χ3v) is 4.89. The average Bonchev–Trinajstić information content (AvgIpc) is 2.87. The molecular weight excluding hydrogens is 308 g/mol. The summed E-state index contributed by atoms with van der Waals surface area (Å²) >= 11 is 1.40. The molecule has 0 spiro atoms. The van der Waals surface area contributed by atoms with Gasteiger partial charge in [-0.3, -0.25) is 4.79 Å². The maximum Gasteiger partial charge on any atom is 0.237 e. The summed E-state index contributed by atoms with van der Waals surface area (Å²) in [6.45, 7) is 3.76. The number of nitrogens with one attached hydrogen (secondary N) is 1. The molecule has 3 rings (SSSR count). The standard InChI is InChI=1S/C17H18N4OS/c1-11(23-17-20-19-12(2)21(17)3)16(22)18-15-10-6-8-13-7-4-5-9-14(13)15/h4-11H,1-3H3,(H,18,22)/t11-/m0/s1. The Morgan fingerprint density at radius 3 is 2.65 bits per heavy atom. The minimum absolute atomic E-state index is 0.0491. The summed E-state index contributed by atoms with van der Waals surface area (Å²) in [7, 11) is 1.90. The molecule has 1 aromatic heterocycles. The summed E-state index contributed by atoms with van der Waals surface area (Å²) in [5.74, 6) is 0.779. The van der Waals surface area contributed by atoms with E-state index in [9.17, 15) is 4.79 Å². The molecule has 0 aliphatic rings. The molecule has 1 amide bonds. The summed E-state index contributed by atoms with van der Waals surface area (Å²) < 4.78 is 1.88. The van der Waals surface area contributed by atoms with E-state index in [0.717, 1.165) is 27.4 Å². The predicted octanol–water partition coefficient (Wildman–Crippen LogP) is 3.40. The summed E-state index contributed by atoms with van der Waals surface area (Å²) in [5, 5.41) is 13.7. The minimum atomic E-state index is -0.267. The second kappa shape index (κ2) is 6.42. The van der Waals surface area contributed by atoms with Crippen molar-refractivity contribution in [3.8, 4) is 0 Å². The second-order valence-electron chi connectivity index (χ2n) is 5.36. The van der Waals surface area contributed by atoms with Crippen molar-refractivity contribution in [3.05, 3.63) is 48.3 Å². The van der Waals surface area contributed by atoms with Crippen LogP contribution in [-0.2, 0) is 11.8 Å². The van der Waals surface area contributed by atoms with Crippen LogP contribution in [0.2, 0.25) is 0 Å². The van der Waals surface area contributed by atoms with E-state index in [2.05, 4.69) is 15.5 Å². The number of nitrogens with zero attached hydrogens (tertiary/aromatic N) is 3. The van der Waals surface area contributed by atoms with Crippen LogP contribution in [0.1, 0.15) is 12.7 Å². The molecule has 1 N–H and O–H groups in total. The van der Waals surface area contributed by atoms with Crippen LogP contribution in [0.15, 0.2) is 47.6 Å². The Morgan fingerprint density at radius 1 is 1.17 bits per heavy atom. The summed E-state index contributed by atoms with van der Waals surface area (Å²) in [6, 6.07) is 13.9. The van der Waals surface area contributed by atoms with Gasteiger partial charge in [0.2, 0.25) is 5.91 Å². The molecule has 3 aromatic rings. The van der Waals surface area contributed by atoms with Crippen molar-refractivity contribution in [2.45, 2.75) is 24.3 Å². The minimum Gasteiger partial charge on any atom is -0.325 e. The fourth-order valence-electron chi connectivity index (χ4n) is 2.27. The van der Waals surface area contributed by atoms with Gasteiger partial charge in [-0.15, -0.1) is 10.2 Å². The van der Waals surface area contributed by atoms with E-state index >= 15 is 0 Å². The van der Waals surface area contributed by atoms with Crippen LogP contribution in [0.5, 0.6) is 0 Å². The third-order valence-electron chi connectivity index (χ3n) is 3.75. The number of aromatic nitrogens is 3. The number of hydrogen-bond donors (Lipinski definition) is 1. The number of hydrogen-bond acceptors (Lipinski definition) is 4. The molecule has 1 atom stereocenters. The molecule has 6 heteroatoms. The fraction of sp³-hybridized carbons (Fsp3) is 0.235. The molecule has 23 heavy (non-hydrogen) atoms. The lowest BCUT2D eigenvalue weighted by Crippen LogP contribution is -2.23. The summed E-state index contributed by atoms with van der Waals surface area (Å²) in [4.78, 5) is 12.5. The SMILES string of the molecule is Cc1nnc(S[C@@H](C)C(=O)Nc2cccc3ccccc23)n1C. The van der Waals surface area contributed by atoms with Gasteiger partial charge in [-0.2, -0.15) is 0 Å². The van der Waals surface area contributed by atoms with Gasteiger partial charge in [0.05, 0.1) is 5.25 Å². The normalized spacial score (nSPS) is 12.3. The molecule has 0 saturated heterocycles. The van der Waals surface area contributed by atoms with Crippen molar-refractivity contribution >= 4 is 34.1 Å². The van der Waals surface area contributed by atoms with Gasteiger partial charge in [-0.05, 0) is 25.3 Å². The number of fused-ring (bicyclic) bond motifs is 1. The van der Waals surface area contributed by atoms with Gasteiger partial charge < -0.3 is 9.88 Å². The van der Waals surface area contributed by atoms with E-state index in [1.165, 1.54) is 11.8 Å². The molecule has 0 aliphatic carbocycles. The van der Waals surface area contributed by atoms with Crippen LogP contribution in [-0.4, -0.2) is 25.9 Å². The first kappa shape index (κ1) is 15.6. The molecule has 118 valence electrons. The highest BCUT2D eigenvalue weighted by Crippen LogP contribution is 2.26. The van der Waals surface area contributed by atoms with Crippen molar-refractivity contribution in [2.24, 2.45) is 7.05 Å². The van der Waals surface area contributed by atoms with E-state index in [4.69, 9.17) is 0 Å². The number of amides is 1.